The average molecular weight is 270 g/mol. The Hall–Kier alpha value is -1.63. The summed E-state index contributed by atoms with van der Waals surface area (Å²) in [5.41, 5.74) is 0. The van der Waals surface area contributed by atoms with Gasteiger partial charge in [0, 0.05) is 19.6 Å². The highest BCUT2D eigenvalue weighted by Gasteiger charge is 2.29. The van der Waals surface area contributed by atoms with Gasteiger partial charge in [-0.2, -0.15) is 0 Å². The van der Waals surface area contributed by atoms with Gasteiger partial charge in [-0.1, -0.05) is 0 Å². The van der Waals surface area contributed by atoms with Crippen LogP contribution in [0.15, 0.2) is 0 Å². The molecule has 0 aliphatic carbocycles. The molecular formula is C12H18N2O5. The van der Waals surface area contributed by atoms with Gasteiger partial charge in [0.25, 0.3) is 0 Å². The average Bonchev–Trinajstić information content (AvgIpc) is 2.41. The van der Waals surface area contributed by atoms with Gasteiger partial charge in [-0.3, -0.25) is 14.4 Å². The molecule has 0 radical (unpaired) electrons. The number of amides is 2. The molecule has 0 aromatic rings. The van der Waals surface area contributed by atoms with E-state index < -0.39 is 5.97 Å². The standard InChI is InChI=1S/C12H18N2O5/c15-10(7-14-5-6-19-8-11(14)16)13-3-1-9(2-4-13)12(17)18/h9H,1-8H2,(H,17,18). The minimum atomic E-state index is -0.796. The summed E-state index contributed by atoms with van der Waals surface area (Å²) >= 11 is 0. The SMILES string of the molecule is O=C(O)C1CCN(C(=O)CN2CCOCC2=O)CC1. The van der Waals surface area contributed by atoms with Crippen LogP contribution in [0, 0.1) is 5.92 Å². The maximum atomic E-state index is 12.0. The number of hydrogen-bond acceptors (Lipinski definition) is 4. The van der Waals surface area contributed by atoms with Crippen LogP contribution in [0.3, 0.4) is 0 Å². The van der Waals surface area contributed by atoms with Crippen molar-refractivity contribution in [3.8, 4) is 0 Å². The summed E-state index contributed by atoms with van der Waals surface area (Å²) < 4.78 is 5.00. The molecule has 0 aromatic carbocycles. The van der Waals surface area contributed by atoms with Crippen molar-refractivity contribution in [2.24, 2.45) is 5.92 Å². The second-order valence-electron chi connectivity index (χ2n) is 4.86. The van der Waals surface area contributed by atoms with Crippen LogP contribution >= 0.6 is 0 Å². The number of hydrogen-bond donors (Lipinski definition) is 1. The van der Waals surface area contributed by atoms with Gasteiger partial charge in [0.05, 0.1) is 19.1 Å². The van der Waals surface area contributed by atoms with E-state index in [-0.39, 0.29) is 30.9 Å². The van der Waals surface area contributed by atoms with Crippen LogP contribution in [0.2, 0.25) is 0 Å². The highest BCUT2D eigenvalue weighted by molar-refractivity contribution is 5.85. The first kappa shape index (κ1) is 13.8. The van der Waals surface area contributed by atoms with E-state index in [1.807, 2.05) is 0 Å². The van der Waals surface area contributed by atoms with E-state index in [4.69, 9.17) is 9.84 Å². The topological polar surface area (TPSA) is 87.2 Å². The van der Waals surface area contributed by atoms with Crippen LogP contribution < -0.4 is 0 Å². The number of nitrogens with zero attached hydrogens (tertiary/aromatic N) is 2. The first-order valence-electron chi connectivity index (χ1n) is 6.44. The molecule has 2 heterocycles. The molecule has 2 amide bonds. The van der Waals surface area contributed by atoms with Crippen LogP contribution in [-0.2, 0) is 19.1 Å². The number of aliphatic carboxylic acids is 1. The number of carboxylic acids is 1. The molecule has 106 valence electrons. The summed E-state index contributed by atoms with van der Waals surface area (Å²) in [5, 5.41) is 8.89. The maximum absolute atomic E-state index is 12.0. The van der Waals surface area contributed by atoms with Crippen molar-refractivity contribution in [3.05, 3.63) is 0 Å². The first-order chi connectivity index (χ1) is 9.08. The molecule has 0 aromatic heterocycles. The van der Waals surface area contributed by atoms with Crippen molar-refractivity contribution in [2.75, 3.05) is 39.4 Å². The predicted octanol–water partition coefficient (Wildman–Crippen LogP) is -0.832. The summed E-state index contributed by atoms with van der Waals surface area (Å²) in [5.74, 6) is -1.43. The number of likely N-dealkylation sites (tertiary alicyclic amines) is 1. The molecule has 2 rings (SSSR count). The number of carbonyl (C=O) groups excluding carboxylic acids is 2. The molecule has 7 nitrogen and oxygen atoms in total. The highest BCUT2D eigenvalue weighted by Crippen LogP contribution is 2.17. The molecule has 2 fully saturated rings. The van der Waals surface area contributed by atoms with E-state index in [0.29, 0.717) is 39.1 Å². The van der Waals surface area contributed by atoms with E-state index in [1.54, 1.807) is 4.90 Å². The van der Waals surface area contributed by atoms with E-state index in [0.717, 1.165) is 0 Å². The Bertz CT molecular complexity index is 376. The number of morpholine rings is 1. The summed E-state index contributed by atoms with van der Waals surface area (Å²) in [6.45, 7) is 1.91. The quantitative estimate of drug-likeness (QED) is 0.723. The van der Waals surface area contributed by atoms with Crippen molar-refractivity contribution >= 4 is 17.8 Å². The fourth-order valence-electron chi connectivity index (χ4n) is 2.36. The van der Waals surface area contributed by atoms with Gasteiger partial charge < -0.3 is 19.6 Å². The fourth-order valence-corrected chi connectivity index (χ4v) is 2.36. The molecule has 1 N–H and O–H groups in total. The molecule has 0 spiro atoms. The van der Waals surface area contributed by atoms with Crippen LogP contribution in [0.25, 0.3) is 0 Å². The molecule has 2 aliphatic heterocycles. The first-order valence-corrected chi connectivity index (χ1v) is 6.44. The molecule has 2 saturated heterocycles. The van der Waals surface area contributed by atoms with Crippen molar-refractivity contribution in [1.29, 1.82) is 0 Å². The Labute approximate surface area is 111 Å². The zero-order chi connectivity index (χ0) is 13.8. The Morgan fingerprint density at radius 1 is 1.26 bits per heavy atom. The van der Waals surface area contributed by atoms with Crippen LogP contribution in [0.4, 0.5) is 0 Å². The fraction of sp³-hybridized carbons (Fsp3) is 0.750. The van der Waals surface area contributed by atoms with Crippen molar-refractivity contribution in [3.63, 3.8) is 0 Å². The third kappa shape index (κ3) is 3.44. The van der Waals surface area contributed by atoms with Crippen molar-refractivity contribution < 1.29 is 24.2 Å². The lowest BCUT2D eigenvalue weighted by molar-refractivity contribution is -0.150. The smallest absolute Gasteiger partial charge is 0.306 e. The predicted molar refractivity (Wildman–Crippen MR) is 64.3 cm³/mol. The Kier molecular flexibility index (Phi) is 4.36. The van der Waals surface area contributed by atoms with E-state index >= 15 is 0 Å². The van der Waals surface area contributed by atoms with Gasteiger partial charge in [-0.25, -0.2) is 0 Å². The monoisotopic (exact) mass is 270 g/mol. The minimum Gasteiger partial charge on any atom is -0.481 e. The number of piperidine rings is 1. The lowest BCUT2D eigenvalue weighted by Crippen LogP contribution is -2.49. The van der Waals surface area contributed by atoms with Crippen LogP contribution in [-0.4, -0.2) is 72.1 Å². The molecular weight excluding hydrogens is 252 g/mol. The number of rotatable bonds is 3. The normalized spacial score (nSPS) is 21.6. The second-order valence-corrected chi connectivity index (χ2v) is 4.86. The van der Waals surface area contributed by atoms with Gasteiger partial charge in [0.15, 0.2) is 0 Å². The number of ether oxygens (including phenoxy) is 1. The number of carboxylic acid groups (broad SMARTS) is 1. The Morgan fingerprint density at radius 3 is 2.53 bits per heavy atom. The summed E-state index contributed by atoms with van der Waals surface area (Å²) in [4.78, 5) is 37.5. The molecule has 7 heteroatoms. The zero-order valence-electron chi connectivity index (χ0n) is 10.7. The second kappa shape index (κ2) is 6.01. The van der Waals surface area contributed by atoms with Gasteiger partial charge >= 0.3 is 5.97 Å². The number of carbonyl (C=O) groups is 3. The molecule has 2 aliphatic rings. The third-order valence-corrected chi connectivity index (χ3v) is 3.61. The maximum Gasteiger partial charge on any atom is 0.306 e. The van der Waals surface area contributed by atoms with E-state index in [9.17, 15) is 14.4 Å². The molecule has 0 atom stereocenters. The Balaban J connectivity index is 1.81. The van der Waals surface area contributed by atoms with E-state index in [1.165, 1.54) is 4.90 Å². The molecule has 0 unspecified atom stereocenters. The van der Waals surface area contributed by atoms with Crippen LogP contribution in [0.5, 0.6) is 0 Å². The van der Waals surface area contributed by atoms with Gasteiger partial charge in [-0.15, -0.1) is 0 Å². The van der Waals surface area contributed by atoms with Crippen molar-refractivity contribution in [2.45, 2.75) is 12.8 Å². The lowest BCUT2D eigenvalue weighted by atomic mass is 9.97. The summed E-state index contributed by atoms with van der Waals surface area (Å²) in [6.07, 6.45) is 0.969. The van der Waals surface area contributed by atoms with Gasteiger partial charge in [-0.05, 0) is 12.8 Å². The minimum absolute atomic E-state index is 0.0361. The third-order valence-electron chi connectivity index (χ3n) is 3.61. The molecule has 0 bridgehead atoms. The molecule has 0 saturated carbocycles. The van der Waals surface area contributed by atoms with Crippen LogP contribution in [0.1, 0.15) is 12.8 Å². The summed E-state index contributed by atoms with van der Waals surface area (Å²) in [7, 11) is 0. The lowest BCUT2D eigenvalue weighted by Gasteiger charge is -2.33. The largest absolute Gasteiger partial charge is 0.481 e. The van der Waals surface area contributed by atoms with Gasteiger partial charge in [0.2, 0.25) is 11.8 Å². The van der Waals surface area contributed by atoms with Crippen molar-refractivity contribution in [1.82, 2.24) is 9.80 Å². The molecule has 19 heavy (non-hydrogen) atoms. The zero-order valence-corrected chi connectivity index (χ0v) is 10.7. The Morgan fingerprint density at radius 2 is 1.95 bits per heavy atom. The highest BCUT2D eigenvalue weighted by atomic mass is 16.5. The summed E-state index contributed by atoms with van der Waals surface area (Å²) in [6, 6.07) is 0. The van der Waals surface area contributed by atoms with E-state index in [2.05, 4.69) is 0 Å². The van der Waals surface area contributed by atoms with Gasteiger partial charge in [0.1, 0.15) is 6.61 Å².